The van der Waals surface area contributed by atoms with Gasteiger partial charge in [-0.25, -0.2) is 4.98 Å². The van der Waals surface area contributed by atoms with Crippen molar-refractivity contribution in [2.75, 3.05) is 11.1 Å². The number of nitrogens with zero attached hydrogens (tertiary/aromatic N) is 3. The molecule has 0 bridgehead atoms. The first-order valence-corrected chi connectivity index (χ1v) is 10.5. The van der Waals surface area contributed by atoms with E-state index in [9.17, 15) is 4.79 Å². The quantitative estimate of drug-likeness (QED) is 0.263. The van der Waals surface area contributed by atoms with Crippen molar-refractivity contribution in [1.82, 2.24) is 15.2 Å². The summed E-state index contributed by atoms with van der Waals surface area (Å²) < 4.78 is 10.9. The minimum Gasteiger partial charge on any atom is -0.463 e. The number of carbonyl (C=O) groups excluding carboxylic acids is 1. The van der Waals surface area contributed by atoms with E-state index in [-0.39, 0.29) is 21.7 Å². The molecular weight excluding hydrogens is 471 g/mol. The topological polar surface area (TPSA) is 94.0 Å². The van der Waals surface area contributed by atoms with E-state index in [0.29, 0.717) is 38.8 Å². The number of aromatic nitrogens is 3. The predicted molar refractivity (Wildman–Crippen MR) is 116 cm³/mol. The van der Waals surface area contributed by atoms with Gasteiger partial charge in [-0.2, -0.15) is 0 Å². The fraction of sp³-hybridized carbons (Fsp3) is 0.0526. The summed E-state index contributed by atoms with van der Waals surface area (Å²) in [7, 11) is 0. The van der Waals surface area contributed by atoms with Crippen LogP contribution in [0.25, 0.3) is 22.9 Å². The maximum Gasteiger partial charge on any atom is 0.234 e. The third kappa shape index (κ3) is 4.62. The molecule has 0 aliphatic rings. The van der Waals surface area contributed by atoms with Crippen LogP contribution in [-0.2, 0) is 4.79 Å². The summed E-state index contributed by atoms with van der Waals surface area (Å²) in [5, 5.41) is 12.1. The van der Waals surface area contributed by atoms with E-state index in [1.54, 1.807) is 24.3 Å². The number of furan rings is 2. The highest BCUT2D eigenvalue weighted by Crippen LogP contribution is 2.33. The zero-order valence-corrected chi connectivity index (χ0v) is 18.0. The first-order valence-electron chi connectivity index (χ1n) is 8.41. The fourth-order valence-electron chi connectivity index (χ4n) is 2.47. The second-order valence-electron chi connectivity index (χ2n) is 5.83. The number of rotatable bonds is 6. The maximum absolute atomic E-state index is 12.3. The second kappa shape index (κ2) is 9.09. The Morgan fingerprint density at radius 3 is 2.27 bits per heavy atom. The van der Waals surface area contributed by atoms with E-state index in [4.69, 9.17) is 43.6 Å². The van der Waals surface area contributed by atoms with Gasteiger partial charge in [-0.1, -0.05) is 46.6 Å². The van der Waals surface area contributed by atoms with Gasteiger partial charge in [0.2, 0.25) is 11.1 Å². The molecule has 0 fully saturated rings. The molecule has 0 unspecified atom stereocenters. The number of halogens is 3. The third-order valence-electron chi connectivity index (χ3n) is 3.79. The third-order valence-corrected chi connectivity index (χ3v) is 5.67. The summed E-state index contributed by atoms with van der Waals surface area (Å²) in [4.78, 5) is 16.8. The van der Waals surface area contributed by atoms with Crippen LogP contribution in [0.15, 0.2) is 62.9 Å². The lowest BCUT2D eigenvalue weighted by Crippen LogP contribution is -2.15. The van der Waals surface area contributed by atoms with Crippen molar-refractivity contribution >= 4 is 58.2 Å². The van der Waals surface area contributed by atoms with Crippen LogP contribution in [0.1, 0.15) is 0 Å². The number of amides is 1. The van der Waals surface area contributed by atoms with Gasteiger partial charge in [0, 0.05) is 0 Å². The molecule has 152 valence electrons. The molecule has 0 aliphatic heterocycles. The van der Waals surface area contributed by atoms with Crippen LogP contribution in [0.4, 0.5) is 5.69 Å². The lowest BCUT2D eigenvalue weighted by molar-refractivity contribution is -0.113. The van der Waals surface area contributed by atoms with Gasteiger partial charge in [0.25, 0.3) is 0 Å². The Bertz CT molecular complexity index is 1180. The van der Waals surface area contributed by atoms with Crippen LogP contribution in [0.5, 0.6) is 0 Å². The summed E-state index contributed by atoms with van der Waals surface area (Å²) in [6.07, 6.45) is 3.06. The van der Waals surface area contributed by atoms with E-state index in [1.165, 1.54) is 24.7 Å². The molecule has 1 N–H and O–H groups in total. The van der Waals surface area contributed by atoms with Gasteiger partial charge in [-0.05, 0) is 36.4 Å². The van der Waals surface area contributed by atoms with Gasteiger partial charge in [0.1, 0.15) is 5.69 Å². The number of hydrogen-bond acceptors (Lipinski definition) is 7. The minimum atomic E-state index is -0.321. The van der Waals surface area contributed by atoms with Gasteiger partial charge in [-0.15, -0.1) is 10.2 Å². The molecule has 4 aromatic rings. The van der Waals surface area contributed by atoms with Crippen molar-refractivity contribution in [3.05, 3.63) is 64.0 Å². The standard InChI is InChI=1S/C19H11Cl3N4O3S/c20-10-7-12(22)13(8-11(10)21)23-16(27)9-30-19-24-17(14-3-1-5-28-14)18(25-26-19)15-4-2-6-29-15/h1-8H,9H2,(H,23,27). The van der Waals surface area contributed by atoms with Crippen molar-refractivity contribution < 1.29 is 13.6 Å². The Morgan fingerprint density at radius 2 is 1.60 bits per heavy atom. The SMILES string of the molecule is O=C(CSc1nnc(-c2ccco2)c(-c2ccco2)n1)Nc1cc(Cl)c(Cl)cc1Cl. The van der Waals surface area contributed by atoms with Crippen molar-refractivity contribution in [2.24, 2.45) is 0 Å². The van der Waals surface area contributed by atoms with Gasteiger partial charge in [0.05, 0.1) is 39.0 Å². The number of anilines is 1. The highest BCUT2D eigenvalue weighted by Gasteiger charge is 2.18. The van der Waals surface area contributed by atoms with E-state index in [2.05, 4.69) is 20.5 Å². The van der Waals surface area contributed by atoms with Crippen molar-refractivity contribution in [3.8, 4) is 22.9 Å². The molecule has 3 aromatic heterocycles. The van der Waals surface area contributed by atoms with Gasteiger partial charge >= 0.3 is 0 Å². The lowest BCUT2D eigenvalue weighted by atomic mass is 10.2. The summed E-state index contributed by atoms with van der Waals surface area (Å²) in [6, 6.07) is 9.93. The Morgan fingerprint density at radius 1 is 0.933 bits per heavy atom. The molecule has 4 rings (SSSR count). The zero-order chi connectivity index (χ0) is 21.1. The fourth-order valence-corrected chi connectivity index (χ4v) is 3.65. The summed E-state index contributed by atoms with van der Waals surface area (Å²) in [6.45, 7) is 0. The lowest BCUT2D eigenvalue weighted by Gasteiger charge is -2.09. The first kappa shape index (κ1) is 20.7. The molecule has 0 saturated heterocycles. The highest BCUT2D eigenvalue weighted by atomic mass is 35.5. The van der Waals surface area contributed by atoms with Crippen LogP contribution in [0.2, 0.25) is 15.1 Å². The first-order chi connectivity index (χ1) is 14.5. The Balaban J connectivity index is 1.51. The molecule has 0 aliphatic carbocycles. The molecule has 3 heterocycles. The highest BCUT2D eigenvalue weighted by molar-refractivity contribution is 7.99. The van der Waals surface area contributed by atoms with Gasteiger partial charge in [0.15, 0.2) is 17.2 Å². The number of benzene rings is 1. The molecule has 7 nitrogen and oxygen atoms in total. The number of nitrogens with one attached hydrogen (secondary N) is 1. The molecule has 0 saturated carbocycles. The summed E-state index contributed by atoms with van der Waals surface area (Å²) >= 11 is 19.1. The second-order valence-corrected chi connectivity index (χ2v) is 7.99. The molecule has 30 heavy (non-hydrogen) atoms. The van der Waals surface area contributed by atoms with Crippen molar-refractivity contribution in [3.63, 3.8) is 0 Å². The summed E-state index contributed by atoms with van der Waals surface area (Å²) in [5.41, 5.74) is 1.26. The largest absolute Gasteiger partial charge is 0.463 e. The zero-order valence-electron chi connectivity index (χ0n) is 14.9. The predicted octanol–water partition coefficient (Wildman–Crippen LogP) is 6.08. The van der Waals surface area contributed by atoms with Crippen LogP contribution in [0, 0.1) is 0 Å². The molecular formula is C19H11Cl3N4O3S. The van der Waals surface area contributed by atoms with Gasteiger partial charge in [-0.3, -0.25) is 4.79 Å². The average molecular weight is 482 g/mol. The molecule has 0 spiro atoms. The Labute approximate surface area is 189 Å². The average Bonchev–Trinajstić information content (AvgIpc) is 3.44. The van der Waals surface area contributed by atoms with Crippen LogP contribution >= 0.6 is 46.6 Å². The minimum absolute atomic E-state index is 0.0238. The Hall–Kier alpha value is -2.52. The van der Waals surface area contributed by atoms with Crippen LogP contribution in [-0.4, -0.2) is 26.8 Å². The van der Waals surface area contributed by atoms with Crippen LogP contribution in [0.3, 0.4) is 0 Å². The normalized spacial score (nSPS) is 10.9. The van der Waals surface area contributed by atoms with Crippen LogP contribution < -0.4 is 5.32 Å². The molecule has 0 atom stereocenters. The monoisotopic (exact) mass is 480 g/mol. The molecule has 1 amide bonds. The van der Waals surface area contributed by atoms with Crippen molar-refractivity contribution in [2.45, 2.75) is 5.16 Å². The molecule has 0 radical (unpaired) electrons. The molecule has 1 aromatic carbocycles. The van der Waals surface area contributed by atoms with E-state index < -0.39 is 0 Å². The van der Waals surface area contributed by atoms with E-state index in [0.717, 1.165) is 11.8 Å². The number of hydrogen-bond donors (Lipinski definition) is 1. The summed E-state index contributed by atoms with van der Waals surface area (Å²) in [5.74, 6) is 0.712. The van der Waals surface area contributed by atoms with Gasteiger partial charge < -0.3 is 14.2 Å². The van der Waals surface area contributed by atoms with Crippen molar-refractivity contribution in [1.29, 1.82) is 0 Å². The van der Waals surface area contributed by atoms with E-state index >= 15 is 0 Å². The Kier molecular flexibility index (Phi) is 6.29. The number of carbonyl (C=O) groups is 1. The van der Waals surface area contributed by atoms with E-state index in [1.807, 2.05) is 0 Å². The number of thioether (sulfide) groups is 1. The molecule has 11 heteroatoms. The maximum atomic E-state index is 12.3. The smallest absolute Gasteiger partial charge is 0.234 e.